The lowest BCUT2D eigenvalue weighted by molar-refractivity contribution is -0.672. The topological polar surface area (TPSA) is 35.1 Å². The number of fused-ring (bicyclic) bond motifs is 1. The zero-order valence-corrected chi connectivity index (χ0v) is 12.8. The van der Waals surface area contributed by atoms with Crippen LogP contribution in [0.5, 0.6) is 11.5 Å². The highest BCUT2D eigenvalue weighted by atomic mass is 35.5. The minimum atomic E-state index is -0.531. The van der Waals surface area contributed by atoms with Gasteiger partial charge in [0.25, 0.3) is 5.79 Å². The van der Waals surface area contributed by atoms with Crippen LogP contribution in [0, 0.1) is 0 Å². The third-order valence-electron chi connectivity index (χ3n) is 3.53. The summed E-state index contributed by atoms with van der Waals surface area (Å²) >= 11 is 0. The Morgan fingerprint density at radius 1 is 0.905 bits per heavy atom. The van der Waals surface area contributed by atoms with Crippen molar-refractivity contribution in [3.63, 3.8) is 0 Å². The summed E-state index contributed by atoms with van der Waals surface area (Å²) in [6.07, 6.45) is 0.856. The van der Waals surface area contributed by atoms with Gasteiger partial charge in [0.15, 0.2) is 11.5 Å². The fourth-order valence-electron chi connectivity index (χ4n) is 2.45. The molecular formula is C17H20ClNO2. The fourth-order valence-corrected chi connectivity index (χ4v) is 2.45. The van der Waals surface area contributed by atoms with E-state index in [4.69, 9.17) is 9.47 Å². The lowest BCUT2D eigenvalue weighted by Gasteiger charge is -2.22. The second-order valence-electron chi connectivity index (χ2n) is 5.30. The van der Waals surface area contributed by atoms with Gasteiger partial charge in [-0.25, -0.2) is 0 Å². The van der Waals surface area contributed by atoms with E-state index in [2.05, 4.69) is 29.6 Å². The molecule has 0 radical (unpaired) electrons. The Balaban J connectivity index is 0.00000161. The van der Waals surface area contributed by atoms with Crippen LogP contribution >= 0.6 is 0 Å². The maximum Gasteiger partial charge on any atom is 0.254 e. The molecule has 0 amide bonds. The van der Waals surface area contributed by atoms with Crippen molar-refractivity contribution in [2.45, 2.75) is 25.7 Å². The summed E-state index contributed by atoms with van der Waals surface area (Å²) in [5, 5.41) is 2.29. The Bertz CT molecular complexity index is 549. The van der Waals surface area contributed by atoms with Crippen molar-refractivity contribution in [1.29, 1.82) is 0 Å². The Labute approximate surface area is 131 Å². The molecule has 0 bridgehead atoms. The molecule has 1 aliphatic heterocycles. The molecule has 2 N–H and O–H groups in total. The van der Waals surface area contributed by atoms with Crippen LogP contribution < -0.4 is 27.2 Å². The molecule has 3 rings (SSSR count). The normalized spacial score (nSPS) is 14.5. The number of hydrogen-bond donors (Lipinski definition) is 1. The van der Waals surface area contributed by atoms with E-state index in [0.717, 1.165) is 31.0 Å². The highest BCUT2D eigenvalue weighted by Gasteiger charge is 2.36. The molecule has 0 spiro atoms. The van der Waals surface area contributed by atoms with Gasteiger partial charge in [-0.05, 0) is 12.1 Å². The molecule has 0 saturated heterocycles. The van der Waals surface area contributed by atoms with Gasteiger partial charge in [-0.3, -0.25) is 0 Å². The molecule has 2 aromatic carbocycles. The highest BCUT2D eigenvalue weighted by molar-refractivity contribution is 5.42. The van der Waals surface area contributed by atoms with E-state index in [1.165, 1.54) is 5.56 Å². The monoisotopic (exact) mass is 305 g/mol. The minimum absolute atomic E-state index is 0. The average Bonchev–Trinajstić information content (AvgIpc) is 2.81. The summed E-state index contributed by atoms with van der Waals surface area (Å²) in [7, 11) is 0. The SMILES string of the molecule is CC1(CC[NH2+]Cc2ccccc2)Oc2ccccc2O1.[Cl-]. The number of benzene rings is 2. The molecule has 21 heavy (non-hydrogen) atoms. The molecule has 1 aliphatic rings. The average molecular weight is 306 g/mol. The standard InChI is InChI=1S/C17H19NO2.ClH/c1-17(19-15-9-5-6-10-16(15)20-17)11-12-18-13-14-7-3-2-4-8-14;/h2-10,18H,11-13H2,1H3;1H. The molecule has 112 valence electrons. The molecule has 0 aromatic heterocycles. The molecule has 0 fully saturated rings. The van der Waals surface area contributed by atoms with E-state index in [1.54, 1.807) is 0 Å². The number of halogens is 1. The van der Waals surface area contributed by atoms with Gasteiger partial charge in [-0.2, -0.15) is 0 Å². The first kappa shape index (κ1) is 15.7. The Morgan fingerprint density at radius 2 is 1.48 bits per heavy atom. The smallest absolute Gasteiger partial charge is 0.254 e. The van der Waals surface area contributed by atoms with Crippen LogP contribution in [0.2, 0.25) is 0 Å². The molecule has 0 atom stereocenters. The zero-order valence-electron chi connectivity index (χ0n) is 12.1. The van der Waals surface area contributed by atoms with E-state index < -0.39 is 5.79 Å². The number of nitrogens with two attached hydrogens (primary N) is 1. The molecule has 4 heteroatoms. The van der Waals surface area contributed by atoms with Gasteiger partial charge in [0, 0.05) is 12.5 Å². The molecule has 0 unspecified atom stereocenters. The minimum Gasteiger partial charge on any atom is -1.00 e. The number of para-hydroxylation sites is 2. The second-order valence-corrected chi connectivity index (χ2v) is 5.30. The Hall–Kier alpha value is -1.71. The van der Waals surface area contributed by atoms with Gasteiger partial charge in [0.1, 0.15) is 6.54 Å². The van der Waals surface area contributed by atoms with Gasteiger partial charge >= 0.3 is 0 Å². The van der Waals surface area contributed by atoms with Gasteiger partial charge in [0.05, 0.1) is 13.0 Å². The fraction of sp³-hybridized carbons (Fsp3) is 0.294. The van der Waals surface area contributed by atoms with Gasteiger partial charge in [-0.15, -0.1) is 0 Å². The van der Waals surface area contributed by atoms with Crippen molar-refractivity contribution in [3.8, 4) is 11.5 Å². The van der Waals surface area contributed by atoms with Crippen LogP contribution in [0.1, 0.15) is 18.9 Å². The van der Waals surface area contributed by atoms with Crippen LogP contribution in [0.15, 0.2) is 54.6 Å². The predicted molar refractivity (Wildman–Crippen MR) is 77.7 cm³/mol. The van der Waals surface area contributed by atoms with Crippen LogP contribution in [0.3, 0.4) is 0 Å². The Kier molecular flexibility index (Phi) is 5.10. The number of ether oxygens (including phenoxy) is 2. The highest BCUT2D eigenvalue weighted by Crippen LogP contribution is 2.39. The summed E-state index contributed by atoms with van der Waals surface area (Å²) < 4.78 is 11.8. The maximum atomic E-state index is 5.90. The van der Waals surface area contributed by atoms with E-state index >= 15 is 0 Å². The van der Waals surface area contributed by atoms with Crippen LogP contribution in [0.4, 0.5) is 0 Å². The lowest BCUT2D eigenvalue weighted by Crippen LogP contribution is -3.00. The Morgan fingerprint density at radius 3 is 2.10 bits per heavy atom. The quantitative estimate of drug-likeness (QED) is 0.744. The van der Waals surface area contributed by atoms with Crippen molar-refractivity contribution >= 4 is 0 Å². The summed E-state index contributed by atoms with van der Waals surface area (Å²) in [6.45, 7) is 3.96. The van der Waals surface area contributed by atoms with Crippen molar-refractivity contribution < 1.29 is 27.2 Å². The summed E-state index contributed by atoms with van der Waals surface area (Å²) in [6, 6.07) is 18.3. The third-order valence-corrected chi connectivity index (χ3v) is 3.53. The van der Waals surface area contributed by atoms with Gasteiger partial charge in [0.2, 0.25) is 0 Å². The number of rotatable bonds is 5. The van der Waals surface area contributed by atoms with E-state index in [0.29, 0.717) is 0 Å². The van der Waals surface area contributed by atoms with Gasteiger partial charge < -0.3 is 27.2 Å². The van der Waals surface area contributed by atoms with Crippen molar-refractivity contribution in [3.05, 3.63) is 60.2 Å². The number of quaternary nitrogens is 1. The summed E-state index contributed by atoms with van der Waals surface area (Å²) in [5.74, 6) is 1.16. The summed E-state index contributed by atoms with van der Waals surface area (Å²) in [5.41, 5.74) is 1.34. The molecule has 3 nitrogen and oxygen atoms in total. The van der Waals surface area contributed by atoms with Crippen molar-refractivity contribution in [2.75, 3.05) is 6.54 Å². The zero-order chi connectivity index (χ0) is 13.8. The van der Waals surface area contributed by atoms with E-state index in [1.807, 2.05) is 37.3 Å². The van der Waals surface area contributed by atoms with Gasteiger partial charge in [-0.1, -0.05) is 42.5 Å². The van der Waals surface area contributed by atoms with Crippen LogP contribution in [0.25, 0.3) is 0 Å². The molecular weight excluding hydrogens is 286 g/mol. The van der Waals surface area contributed by atoms with E-state index in [9.17, 15) is 0 Å². The lowest BCUT2D eigenvalue weighted by atomic mass is 10.2. The van der Waals surface area contributed by atoms with Crippen LogP contribution in [-0.4, -0.2) is 12.3 Å². The third kappa shape index (κ3) is 3.90. The molecule has 0 aliphatic carbocycles. The summed E-state index contributed by atoms with van der Waals surface area (Å²) in [4.78, 5) is 0. The maximum absolute atomic E-state index is 5.90. The first-order valence-electron chi connectivity index (χ1n) is 7.08. The largest absolute Gasteiger partial charge is 1.00 e. The molecule has 0 saturated carbocycles. The van der Waals surface area contributed by atoms with Crippen molar-refractivity contribution in [1.82, 2.24) is 0 Å². The first-order chi connectivity index (χ1) is 9.75. The predicted octanol–water partition coefficient (Wildman–Crippen LogP) is -0.668. The second kappa shape index (κ2) is 6.83. The van der Waals surface area contributed by atoms with E-state index in [-0.39, 0.29) is 12.4 Å². The number of hydrogen-bond acceptors (Lipinski definition) is 2. The first-order valence-corrected chi connectivity index (χ1v) is 7.08. The van der Waals surface area contributed by atoms with Crippen molar-refractivity contribution in [2.24, 2.45) is 0 Å². The molecule has 1 heterocycles. The van der Waals surface area contributed by atoms with Crippen LogP contribution in [-0.2, 0) is 6.54 Å². The molecule has 2 aromatic rings.